The highest BCUT2D eigenvalue weighted by atomic mass is 16.2. The van der Waals surface area contributed by atoms with Crippen molar-refractivity contribution in [2.45, 2.75) is 46.5 Å². The zero-order chi connectivity index (χ0) is 14.9. The van der Waals surface area contributed by atoms with Crippen molar-refractivity contribution >= 4 is 17.5 Å². The number of rotatable bonds is 4. The number of allylic oxidation sites excluding steroid dienone is 4. The molecular formula is C16H21NO3. The topological polar surface area (TPSA) is 54.5 Å². The van der Waals surface area contributed by atoms with Crippen molar-refractivity contribution in [2.24, 2.45) is 0 Å². The first kappa shape index (κ1) is 14.7. The molecule has 0 saturated carbocycles. The summed E-state index contributed by atoms with van der Waals surface area (Å²) in [5, 5.41) is 0. The average molecular weight is 275 g/mol. The molecule has 1 aliphatic heterocycles. The highest BCUT2D eigenvalue weighted by Gasteiger charge is 2.27. The summed E-state index contributed by atoms with van der Waals surface area (Å²) in [4.78, 5) is 37.8. The van der Waals surface area contributed by atoms with Gasteiger partial charge in [0.25, 0.3) is 0 Å². The second kappa shape index (κ2) is 5.73. The Balaban J connectivity index is 1.96. The third-order valence-electron chi connectivity index (χ3n) is 4.34. The van der Waals surface area contributed by atoms with Crippen LogP contribution < -0.4 is 0 Å². The largest absolute Gasteiger partial charge is 0.343 e. The van der Waals surface area contributed by atoms with E-state index in [2.05, 4.69) is 0 Å². The first-order chi connectivity index (χ1) is 9.43. The van der Waals surface area contributed by atoms with E-state index in [0.717, 1.165) is 19.5 Å². The van der Waals surface area contributed by atoms with Crippen molar-refractivity contribution in [2.75, 3.05) is 13.1 Å². The van der Waals surface area contributed by atoms with Crippen LogP contribution in [0.1, 0.15) is 46.5 Å². The molecule has 20 heavy (non-hydrogen) atoms. The van der Waals surface area contributed by atoms with Gasteiger partial charge in [0.1, 0.15) is 0 Å². The van der Waals surface area contributed by atoms with Crippen LogP contribution in [0, 0.1) is 0 Å². The van der Waals surface area contributed by atoms with E-state index in [-0.39, 0.29) is 17.5 Å². The molecule has 0 aromatic heterocycles. The standard InChI is InChI=1S/C16H21NO3/c1-10-11(2)16(20)13(12(3)15(10)19)6-4-7-14(18)17-8-5-9-17/h4-9H2,1-3H3. The van der Waals surface area contributed by atoms with Gasteiger partial charge in [-0.15, -0.1) is 0 Å². The summed E-state index contributed by atoms with van der Waals surface area (Å²) in [7, 11) is 0. The maximum Gasteiger partial charge on any atom is 0.222 e. The number of carbonyl (C=O) groups excluding carboxylic acids is 3. The van der Waals surface area contributed by atoms with E-state index in [0.29, 0.717) is 41.6 Å². The van der Waals surface area contributed by atoms with Gasteiger partial charge in [0.2, 0.25) is 5.91 Å². The minimum Gasteiger partial charge on any atom is -0.343 e. The minimum absolute atomic E-state index is 0.0315. The van der Waals surface area contributed by atoms with Crippen LogP contribution in [0.25, 0.3) is 0 Å². The van der Waals surface area contributed by atoms with Crippen LogP contribution in [0.3, 0.4) is 0 Å². The Morgan fingerprint density at radius 3 is 2.15 bits per heavy atom. The number of carbonyl (C=O) groups is 3. The highest BCUT2D eigenvalue weighted by molar-refractivity contribution is 6.24. The van der Waals surface area contributed by atoms with E-state index in [9.17, 15) is 14.4 Å². The molecule has 1 heterocycles. The molecule has 0 aromatic rings. The predicted octanol–water partition coefficient (Wildman–Crippen LogP) is 2.19. The summed E-state index contributed by atoms with van der Waals surface area (Å²) in [6, 6.07) is 0. The first-order valence-corrected chi connectivity index (χ1v) is 7.18. The summed E-state index contributed by atoms with van der Waals surface area (Å²) in [5.74, 6) is 0.0923. The lowest BCUT2D eigenvalue weighted by Crippen LogP contribution is -2.41. The summed E-state index contributed by atoms with van der Waals surface area (Å²) in [5.41, 5.74) is 2.24. The lowest BCUT2D eigenvalue weighted by molar-refractivity contribution is -0.134. The molecule has 2 aliphatic rings. The molecule has 0 bridgehead atoms. The molecule has 0 radical (unpaired) electrons. The summed E-state index contributed by atoms with van der Waals surface area (Å²) >= 11 is 0. The molecule has 0 aromatic carbocycles. The molecule has 1 saturated heterocycles. The Hall–Kier alpha value is -1.71. The van der Waals surface area contributed by atoms with Crippen LogP contribution in [0.5, 0.6) is 0 Å². The molecule has 1 amide bonds. The third kappa shape index (κ3) is 2.60. The van der Waals surface area contributed by atoms with Gasteiger partial charge in [-0.25, -0.2) is 0 Å². The zero-order valence-electron chi connectivity index (χ0n) is 12.4. The van der Waals surface area contributed by atoms with Gasteiger partial charge < -0.3 is 4.90 Å². The first-order valence-electron chi connectivity index (χ1n) is 7.18. The van der Waals surface area contributed by atoms with Gasteiger partial charge in [-0.3, -0.25) is 14.4 Å². The van der Waals surface area contributed by atoms with Gasteiger partial charge in [0.15, 0.2) is 11.6 Å². The number of hydrogen-bond donors (Lipinski definition) is 0. The molecular weight excluding hydrogens is 254 g/mol. The van der Waals surface area contributed by atoms with E-state index in [1.165, 1.54) is 0 Å². The average Bonchev–Trinajstić information content (AvgIpc) is 2.36. The molecule has 4 heteroatoms. The van der Waals surface area contributed by atoms with Gasteiger partial charge in [-0.05, 0) is 40.0 Å². The fraction of sp³-hybridized carbons (Fsp3) is 0.562. The van der Waals surface area contributed by atoms with E-state index >= 15 is 0 Å². The Bertz CT molecular complexity index is 536. The number of nitrogens with zero attached hydrogens (tertiary/aromatic N) is 1. The summed E-state index contributed by atoms with van der Waals surface area (Å²) < 4.78 is 0. The number of ketones is 2. The molecule has 4 nitrogen and oxygen atoms in total. The number of Topliss-reactive ketones (excluding diaryl/α,β-unsaturated/α-hetero) is 2. The smallest absolute Gasteiger partial charge is 0.222 e. The van der Waals surface area contributed by atoms with Gasteiger partial charge >= 0.3 is 0 Å². The van der Waals surface area contributed by atoms with E-state index in [4.69, 9.17) is 0 Å². The fourth-order valence-electron chi connectivity index (χ4n) is 2.60. The maximum atomic E-state index is 12.2. The number of amides is 1. The molecule has 2 rings (SSSR count). The van der Waals surface area contributed by atoms with Crippen LogP contribution in [-0.4, -0.2) is 35.5 Å². The molecule has 1 fully saturated rings. The van der Waals surface area contributed by atoms with Crippen LogP contribution in [0.15, 0.2) is 22.3 Å². The summed E-state index contributed by atoms with van der Waals surface area (Å²) in [6.07, 6.45) is 2.69. The molecule has 0 atom stereocenters. The molecule has 108 valence electrons. The highest BCUT2D eigenvalue weighted by Crippen LogP contribution is 2.27. The van der Waals surface area contributed by atoms with E-state index in [1.807, 2.05) is 4.90 Å². The Kier molecular flexibility index (Phi) is 4.21. The van der Waals surface area contributed by atoms with Crippen LogP contribution in [0.2, 0.25) is 0 Å². The van der Waals surface area contributed by atoms with Crippen LogP contribution >= 0.6 is 0 Å². The van der Waals surface area contributed by atoms with Crippen molar-refractivity contribution in [1.82, 2.24) is 4.90 Å². The molecule has 0 unspecified atom stereocenters. The van der Waals surface area contributed by atoms with Gasteiger partial charge in [0.05, 0.1) is 0 Å². The summed E-state index contributed by atoms with van der Waals surface area (Å²) in [6.45, 7) is 6.83. The Labute approximate surface area is 119 Å². The number of hydrogen-bond acceptors (Lipinski definition) is 3. The minimum atomic E-state index is -0.0360. The van der Waals surface area contributed by atoms with Crippen molar-refractivity contribution in [1.29, 1.82) is 0 Å². The van der Waals surface area contributed by atoms with Crippen molar-refractivity contribution in [3.05, 3.63) is 22.3 Å². The molecule has 1 aliphatic carbocycles. The van der Waals surface area contributed by atoms with Gasteiger partial charge in [0, 0.05) is 41.8 Å². The zero-order valence-corrected chi connectivity index (χ0v) is 12.4. The van der Waals surface area contributed by atoms with Crippen molar-refractivity contribution in [3.8, 4) is 0 Å². The van der Waals surface area contributed by atoms with Gasteiger partial charge in [-0.2, -0.15) is 0 Å². The molecule has 0 N–H and O–H groups in total. The maximum absolute atomic E-state index is 12.2. The molecule has 0 spiro atoms. The van der Waals surface area contributed by atoms with Crippen molar-refractivity contribution < 1.29 is 14.4 Å². The van der Waals surface area contributed by atoms with Crippen molar-refractivity contribution in [3.63, 3.8) is 0 Å². The Morgan fingerprint density at radius 1 is 1.00 bits per heavy atom. The number of likely N-dealkylation sites (tertiary alicyclic amines) is 1. The second-order valence-corrected chi connectivity index (χ2v) is 5.60. The lowest BCUT2D eigenvalue weighted by Gasteiger charge is -2.31. The normalized spacial score (nSPS) is 19.6. The van der Waals surface area contributed by atoms with Crippen LogP contribution in [-0.2, 0) is 14.4 Å². The predicted molar refractivity (Wildman–Crippen MR) is 76.1 cm³/mol. The Morgan fingerprint density at radius 2 is 1.60 bits per heavy atom. The van der Waals surface area contributed by atoms with E-state index in [1.54, 1.807) is 20.8 Å². The second-order valence-electron chi connectivity index (χ2n) is 5.60. The monoisotopic (exact) mass is 275 g/mol. The van der Waals surface area contributed by atoms with Crippen LogP contribution in [0.4, 0.5) is 0 Å². The van der Waals surface area contributed by atoms with Gasteiger partial charge in [-0.1, -0.05) is 0 Å². The quantitative estimate of drug-likeness (QED) is 0.739. The fourth-order valence-corrected chi connectivity index (χ4v) is 2.60. The third-order valence-corrected chi connectivity index (χ3v) is 4.34. The SMILES string of the molecule is CC1=C(C)C(=O)C(CCCC(=O)N2CCC2)=C(C)C1=O. The van der Waals surface area contributed by atoms with E-state index < -0.39 is 0 Å². The lowest BCUT2D eigenvalue weighted by atomic mass is 9.84.